The lowest BCUT2D eigenvalue weighted by atomic mass is 9.93. The number of halogens is 2. The first-order valence-electron chi connectivity index (χ1n) is 5.12. The molecule has 0 heterocycles. The van der Waals surface area contributed by atoms with E-state index in [1.807, 2.05) is 6.07 Å². The molecule has 0 amide bonds. The van der Waals surface area contributed by atoms with Gasteiger partial charge in [-0.05, 0) is 23.3 Å². The second-order valence-corrected chi connectivity index (χ2v) is 3.65. The molecular formula is C14H9F2N. The van der Waals surface area contributed by atoms with Crippen molar-refractivity contribution in [1.29, 1.82) is 5.26 Å². The van der Waals surface area contributed by atoms with Crippen molar-refractivity contribution in [3.63, 3.8) is 0 Å². The van der Waals surface area contributed by atoms with Crippen LogP contribution < -0.4 is 0 Å². The Kier molecular flexibility index (Phi) is 3.15. The largest absolute Gasteiger partial charge is 0.204 e. The molecule has 0 N–H and O–H groups in total. The minimum Gasteiger partial charge on any atom is -0.204 e. The molecule has 2 aromatic carbocycles. The molecule has 1 unspecified atom stereocenters. The lowest BCUT2D eigenvalue weighted by Gasteiger charge is -2.09. The van der Waals surface area contributed by atoms with Gasteiger partial charge in [0.1, 0.15) is 0 Å². The van der Waals surface area contributed by atoms with Crippen LogP contribution in [0.1, 0.15) is 17.0 Å². The Morgan fingerprint density at radius 3 is 2.18 bits per heavy atom. The average Bonchev–Trinajstić information content (AvgIpc) is 2.36. The summed E-state index contributed by atoms with van der Waals surface area (Å²) in [6.07, 6.45) is 0. The topological polar surface area (TPSA) is 23.8 Å². The molecule has 1 atom stereocenters. The van der Waals surface area contributed by atoms with Crippen molar-refractivity contribution < 1.29 is 8.78 Å². The zero-order chi connectivity index (χ0) is 12.3. The van der Waals surface area contributed by atoms with Gasteiger partial charge in [-0.1, -0.05) is 36.4 Å². The van der Waals surface area contributed by atoms with Gasteiger partial charge < -0.3 is 0 Å². The zero-order valence-corrected chi connectivity index (χ0v) is 8.90. The van der Waals surface area contributed by atoms with E-state index < -0.39 is 17.6 Å². The van der Waals surface area contributed by atoms with E-state index in [2.05, 4.69) is 6.07 Å². The fourth-order valence-corrected chi connectivity index (χ4v) is 1.68. The van der Waals surface area contributed by atoms with Crippen LogP contribution in [0.3, 0.4) is 0 Å². The number of hydrogen-bond acceptors (Lipinski definition) is 1. The van der Waals surface area contributed by atoms with Gasteiger partial charge in [0.25, 0.3) is 0 Å². The molecule has 0 spiro atoms. The van der Waals surface area contributed by atoms with Gasteiger partial charge in [-0.2, -0.15) is 5.26 Å². The molecule has 84 valence electrons. The number of rotatable bonds is 2. The molecule has 0 fully saturated rings. The van der Waals surface area contributed by atoms with E-state index in [0.29, 0.717) is 5.56 Å². The molecule has 0 aliphatic carbocycles. The zero-order valence-electron chi connectivity index (χ0n) is 8.90. The smallest absolute Gasteiger partial charge is 0.159 e. The molecule has 17 heavy (non-hydrogen) atoms. The third kappa shape index (κ3) is 2.31. The summed E-state index contributed by atoms with van der Waals surface area (Å²) in [5, 5.41) is 9.13. The first-order valence-corrected chi connectivity index (χ1v) is 5.12. The van der Waals surface area contributed by atoms with Crippen LogP contribution in [0.4, 0.5) is 8.78 Å². The highest BCUT2D eigenvalue weighted by Gasteiger charge is 2.14. The highest BCUT2D eigenvalue weighted by molar-refractivity contribution is 5.38. The Labute approximate surface area is 97.9 Å². The molecule has 0 radical (unpaired) electrons. The average molecular weight is 229 g/mol. The minimum atomic E-state index is -0.932. The van der Waals surface area contributed by atoms with Crippen LogP contribution in [0.25, 0.3) is 0 Å². The Morgan fingerprint density at radius 2 is 1.59 bits per heavy atom. The van der Waals surface area contributed by atoms with E-state index in [1.165, 1.54) is 6.07 Å². The third-order valence-electron chi connectivity index (χ3n) is 2.54. The van der Waals surface area contributed by atoms with E-state index in [-0.39, 0.29) is 0 Å². The maximum absolute atomic E-state index is 13.1. The Morgan fingerprint density at radius 1 is 0.882 bits per heavy atom. The first-order chi connectivity index (χ1) is 8.22. The normalized spacial score (nSPS) is 11.8. The van der Waals surface area contributed by atoms with Gasteiger partial charge in [-0.25, -0.2) is 8.78 Å². The summed E-state index contributed by atoms with van der Waals surface area (Å²) in [4.78, 5) is 0. The van der Waals surface area contributed by atoms with Crippen LogP contribution in [0, 0.1) is 23.0 Å². The van der Waals surface area contributed by atoms with E-state index in [4.69, 9.17) is 5.26 Å². The van der Waals surface area contributed by atoms with Crippen LogP contribution >= 0.6 is 0 Å². The maximum Gasteiger partial charge on any atom is 0.159 e. The summed E-state index contributed by atoms with van der Waals surface area (Å²) in [6, 6.07) is 14.6. The van der Waals surface area contributed by atoms with Gasteiger partial charge in [0.05, 0.1) is 12.0 Å². The van der Waals surface area contributed by atoms with E-state index in [9.17, 15) is 8.78 Å². The second kappa shape index (κ2) is 4.75. The summed E-state index contributed by atoms with van der Waals surface area (Å²) in [5.41, 5.74) is 1.22. The first kappa shape index (κ1) is 11.3. The Bertz CT molecular complexity index is 558. The molecule has 0 saturated carbocycles. The fraction of sp³-hybridized carbons (Fsp3) is 0.0714. The van der Waals surface area contributed by atoms with Crippen LogP contribution in [0.2, 0.25) is 0 Å². The van der Waals surface area contributed by atoms with Crippen molar-refractivity contribution in [3.8, 4) is 6.07 Å². The molecular weight excluding hydrogens is 220 g/mol. The van der Waals surface area contributed by atoms with Crippen molar-refractivity contribution >= 4 is 0 Å². The van der Waals surface area contributed by atoms with Gasteiger partial charge in [-0.15, -0.1) is 0 Å². The van der Waals surface area contributed by atoms with E-state index in [0.717, 1.165) is 17.7 Å². The number of benzene rings is 2. The summed E-state index contributed by atoms with van der Waals surface area (Å²) >= 11 is 0. The number of nitrogens with zero attached hydrogens (tertiary/aromatic N) is 1. The van der Waals surface area contributed by atoms with Crippen molar-refractivity contribution in [1.82, 2.24) is 0 Å². The van der Waals surface area contributed by atoms with Gasteiger partial charge in [0, 0.05) is 0 Å². The molecule has 2 aromatic rings. The molecule has 0 bridgehead atoms. The van der Waals surface area contributed by atoms with E-state index >= 15 is 0 Å². The second-order valence-electron chi connectivity index (χ2n) is 3.65. The van der Waals surface area contributed by atoms with E-state index in [1.54, 1.807) is 24.3 Å². The number of nitriles is 1. The molecule has 0 saturated heterocycles. The Hall–Kier alpha value is -2.21. The number of hydrogen-bond donors (Lipinski definition) is 0. The predicted molar refractivity (Wildman–Crippen MR) is 60.3 cm³/mol. The van der Waals surface area contributed by atoms with Crippen molar-refractivity contribution in [2.75, 3.05) is 0 Å². The van der Waals surface area contributed by atoms with Crippen LogP contribution in [-0.2, 0) is 0 Å². The van der Waals surface area contributed by atoms with Gasteiger partial charge in [-0.3, -0.25) is 0 Å². The molecule has 0 aromatic heterocycles. The van der Waals surface area contributed by atoms with Crippen LogP contribution in [-0.4, -0.2) is 0 Å². The quantitative estimate of drug-likeness (QED) is 0.771. The monoisotopic (exact) mass is 229 g/mol. The predicted octanol–water partition coefficient (Wildman–Crippen LogP) is 3.62. The fourth-order valence-electron chi connectivity index (χ4n) is 1.68. The minimum absolute atomic E-state index is 0.456. The summed E-state index contributed by atoms with van der Waals surface area (Å²) in [5.74, 6) is -2.41. The van der Waals surface area contributed by atoms with Gasteiger partial charge in [0.2, 0.25) is 0 Å². The molecule has 3 heteroatoms. The molecule has 0 aliphatic rings. The SMILES string of the molecule is N#CC(c1ccccc1)c1ccc(F)c(F)c1. The van der Waals surface area contributed by atoms with Crippen molar-refractivity contribution in [3.05, 3.63) is 71.3 Å². The summed E-state index contributed by atoms with van der Waals surface area (Å²) in [6.45, 7) is 0. The van der Waals surface area contributed by atoms with Gasteiger partial charge in [0.15, 0.2) is 11.6 Å². The van der Waals surface area contributed by atoms with Gasteiger partial charge >= 0.3 is 0 Å². The highest BCUT2D eigenvalue weighted by Crippen LogP contribution is 2.24. The third-order valence-corrected chi connectivity index (χ3v) is 2.54. The van der Waals surface area contributed by atoms with Crippen molar-refractivity contribution in [2.45, 2.75) is 5.92 Å². The lowest BCUT2D eigenvalue weighted by molar-refractivity contribution is 0.507. The molecule has 0 aliphatic heterocycles. The lowest BCUT2D eigenvalue weighted by Crippen LogP contribution is -1.99. The molecule has 2 rings (SSSR count). The summed E-state index contributed by atoms with van der Waals surface area (Å²) < 4.78 is 25.9. The Balaban J connectivity index is 2.44. The highest BCUT2D eigenvalue weighted by atomic mass is 19.2. The van der Waals surface area contributed by atoms with Crippen LogP contribution in [0.15, 0.2) is 48.5 Å². The molecule has 1 nitrogen and oxygen atoms in total. The standard InChI is InChI=1S/C14H9F2N/c15-13-7-6-11(8-14(13)16)12(9-17)10-4-2-1-3-5-10/h1-8,12H. The maximum atomic E-state index is 13.1. The summed E-state index contributed by atoms with van der Waals surface area (Å²) in [7, 11) is 0. The van der Waals surface area contributed by atoms with Crippen molar-refractivity contribution in [2.24, 2.45) is 0 Å². The van der Waals surface area contributed by atoms with Crippen LogP contribution in [0.5, 0.6) is 0 Å².